The third kappa shape index (κ3) is 9.24. The monoisotopic (exact) mass is 674 g/mol. The maximum Gasteiger partial charge on any atom is 0.351 e. The van der Waals surface area contributed by atoms with Crippen molar-refractivity contribution in [2.24, 2.45) is 11.8 Å². The van der Waals surface area contributed by atoms with Crippen LogP contribution in [-0.4, -0.2) is 90.8 Å². The number of likely N-dealkylation sites (N-methyl/N-ethyl adjacent to an activating group) is 1. The van der Waals surface area contributed by atoms with E-state index in [2.05, 4.69) is 32.8 Å². The van der Waals surface area contributed by atoms with Crippen LogP contribution < -0.4 is 20.7 Å². The molecule has 4 rings (SSSR count). The second-order valence-corrected chi connectivity index (χ2v) is 12.7. The average Bonchev–Trinajstić information content (AvgIpc) is 3.08. The molecule has 2 aliphatic rings. The van der Waals surface area contributed by atoms with Crippen molar-refractivity contribution in [2.75, 3.05) is 45.7 Å². The molecule has 262 valence electrons. The van der Waals surface area contributed by atoms with Gasteiger partial charge in [0.05, 0.1) is 12.8 Å². The van der Waals surface area contributed by atoms with Crippen LogP contribution in [-0.2, 0) is 31.5 Å². The number of benzene rings is 1. The molecule has 0 unspecified atom stereocenters. The van der Waals surface area contributed by atoms with Crippen molar-refractivity contribution in [3.63, 3.8) is 0 Å². The molecule has 2 heterocycles. The zero-order valence-corrected chi connectivity index (χ0v) is 27.9. The van der Waals surface area contributed by atoms with E-state index < -0.39 is 47.1 Å². The molecular formula is C34H45F3N6O5. The van der Waals surface area contributed by atoms with Crippen molar-refractivity contribution in [3.8, 4) is 5.88 Å². The number of nitrogens with zero attached hydrogens (tertiary/aromatic N) is 3. The first-order valence-corrected chi connectivity index (χ1v) is 16.4. The van der Waals surface area contributed by atoms with E-state index in [0.717, 1.165) is 25.1 Å². The number of amides is 4. The van der Waals surface area contributed by atoms with Gasteiger partial charge in [-0.15, -0.1) is 0 Å². The van der Waals surface area contributed by atoms with Gasteiger partial charge in [-0.1, -0.05) is 32.8 Å². The van der Waals surface area contributed by atoms with Gasteiger partial charge in [0.15, 0.2) is 0 Å². The Balaban J connectivity index is 1.50. The molecule has 4 amide bonds. The van der Waals surface area contributed by atoms with E-state index in [4.69, 9.17) is 4.74 Å². The van der Waals surface area contributed by atoms with E-state index in [0.29, 0.717) is 50.5 Å². The maximum atomic E-state index is 15.5. The minimum absolute atomic E-state index is 0.0241. The fraction of sp³-hybridized carbons (Fsp3) is 0.559. The van der Waals surface area contributed by atoms with Gasteiger partial charge >= 0.3 is 5.92 Å². The summed E-state index contributed by atoms with van der Waals surface area (Å²) in [6, 6.07) is 3.99. The van der Waals surface area contributed by atoms with Crippen LogP contribution in [0, 0.1) is 17.7 Å². The van der Waals surface area contributed by atoms with Crippen LogP contribution in [0.5, 0.6) is 5.88 Å². The summed E-state index contributed by atoms with van der Waals surface area (Å²) in [5, 5.41) is 7.47. The predicted molar refractivity (Wildman–Crippen MR) is 173 cm³/mol. The van der Waals surface area contributed by atoms with Crippen molar-refractivity contribution in [2.45, 2.75) is 70.4 Å². The number of alkyl halides is 2. The molecule has 0 radical (unpaired) electrons. The number of aromatic nitrogens is 1. The molecule has 0 bridgehead atoms. The number of methoxy groups -OCH3 is 1. The molecule has 1 aromatic heterocycles. The maximum absolute atomic E-state index is 15.5. The van der Waals surface area contributed by atoms with Gasteiger partial charge < -0.3 is 30.5 Å². The number of halogens is 3. The van der Waals surface area contributed by atoms with E-state index in [1.165, 1.54) is 31.4 Å². The zero-order chi connectivity index (χ0) is 35.0. The summed E-state index contributed by atoms with van der Waals surface area (Å²) >= 11 is 0. The molecule has 2 atom stereocenters. The first kappa shape index (κ1) is 36.6. The average molecular weight is 675 g/mol. The van der Waals surface area contributed by atoms with Crippen molar-refractivity contribution in [1.29, 1.82) is 0 Å². The molecule has 1 saturated carbocycles. The fourth-order valence-corrected chi connectivity index (χ4v) is 6.04. The molecule has 48 heavy (non-hydrogen) atoms. The van der Waals surface area contributed by atoms with Crippen LogP contribution in [0.15, 0.2) is 36.5 Å². The Morgan fingerprint density at radius 1 is 1.02 bits per heavy atom. The summed E-state index contributed by atoms with van der Waals surface area (Å²) in [4.78, 5) is 59.6. The molecule has 0 spiro atoms. The second kappa shape index (κ2) is 16.3. The SMILES string of the molecule is CCC(=O)N[C@H](Cc1ccc(NC(=O)[C@H](NC(=O)C(F)(F)c2ccc(OC)nc2)C2CCC(C)CC2)c(F)c1)C(=O)N1CCN(C)CC1. The normalized spacial score (nSPS) is 19.9. The highest BCUT2D eigenvalue weighted by molar-refractivity contribution is 5.98. The van der Waals surface area contributed by atoms with Gasteiger partial charge in [-0.05, 0) is 55.5 Å². The lowest BCUT2D eigenvalue weighted by Gasteiger charge is -2.35. The quantitative estimate of drug-likeness (QED) is 0.314. The van der Waals surface area contributed by atoms with Gasteiger partial charge in [0.25, 0.3) is 5.91 Å². The summed E-state index contributed by atoms with van der Waals surface area (Å²) in [5.41, 5.74) is -0.468. The standard InChI is InChI=1S/C34H45F3N6O5/c1-5-28(44)39-27(32(46)43-16-14-42(3)15-17-43)19-22-8-12-26(25(35)18-22)40-31(45)30(23-9-6-21(2)7-10-23)41-33(47)34(36,37)24-11-13-29(48-4)38-20-24/h8,11-13,18,20-21,23,27,30H,5-7,9-10,14-17,19H2,1-4H3,(H,39,44)(H,40,45)(H,41,47)/t21?,23?,27-,30-/m1/s1. The van der Waals surface area contributed by atoms with Gasteiger partial charge in [0.1, 0.15) is 17.9 Å². The summed E-state index contributed by atoms with van der Waals surface area (Å²) < 4.78 is 50.8. The number of anilines is 1. The van der Waals surface area contributed by atoms with Gasteiger partial charge in [-0.2, -0.15) is 8.78 Å². The second-order valence-electron chi connectivity index (χ2n) is 12.7. The number of hydrogen-bond donors (Lipinski definition) is 3. The highest BCUT2D eigenvalue weighted by Crippen LogP contribution is 2.33. The molecule has 14 heteroatoms. The van der Waals surface area contributed by atoms with Crippen molar-refractivity contribution in [1.82, 2.24) is 25.4 Å². The summed E-state index contributed by atoms with van der Waals surface area (Å²) in [7, 11) is 3.29. The minimum Gasteiger partial charge on any atom is -0.481 e. The Labute approximate surface area is 279 Å². The smallest absolute Gasteiger partial charge is 0.351 e. The van der Waals surface area contributed by atoms with E-state index in [1.54, 1.807) is 11.8 Å². The summed E-state index contributed by atoms with van der Waals surface area (Å²) in [6.07, 6.45) is 3.56. The summed E-state index contributed by atoms with van der Waals surface area (Å²) in [6.45, 7) is 6.14. The van der Waals surface area contributed by atoms with Crippen molar-refractivity contribution >= 4 is 29.3 Å². The molecule has 2 aromatic rings. The fourth-order valence-electron chi connectivity index (χ4n) is 6.04. The largest absolute Gasteiger partial charge is 0.481 e. The Hall–Kier alpha value is -4.20. The topological polar surface area (TPSA) is 133 Å². The first-order valence-electron chi connectivity index (χ1n) is 16.4. The van der Waals surface area contributed by atoms with Gasteiger partial charge in [-0.3, -0.25) is 19.2 Å². The zero-order valence-electron chi connectivity index (χ0n) is 27.9. The predicted octanol–water partition coefficient (Wildman–Crippen LogP) is 3.48. The number of carbonyl (C=O) groups is 4. The van der Waals surface area contributed by atoms with Crippen molar-refractivity contribution in [3.05, 3.63) is 53.5 Å². The van der Waals surface area contributed by atoms with E-state index in [9.17, 15) is 19.2 Å². The molecular weight excluding hydrogens is 629 g/mol. The van der Waals surface area contributed by atoms with Gasteiger partial charge in [0, 0.05) is 56.8 Å². The van der Waals surface area contributed by atoms with Gasteiger partial charge in [0.2, 0.25) is 23.6 Å². The number of carbonyl (C=O) groups excluding carboxylic acids is 4. The van der Waals surface area contributed by atoms with E-state index in [-0.39, 0.29) is 36.2 Å². The van der Waals surface area contributed by atoms with Crippen LogP contribution in [0.25, 0.3) is 0 Å². The summed E-state index contributed by atoms with van der Waals surface area (Å²) in [5.74, 6) is -7.85. The van der Waals surface area contributed by atoms with Crippen LogP contribution >= 0.6 is 0 Å². The number of nitrogens with one attached hydrogen (secondary N) is 3. The molecule has 3 N–H and O–H groups in total. The van der Waals surface area contributed by atoms with Crippen LogP contribution in [0.2, 0.25) is 0 Å². The number of rotatable bonds is 12. The number of piperazine rings is 1. The molecule has 2 fully saturated rings. The van der Waals surface area contributed by atoms with Gasteiger partial charge in [-0.25, -0.2) is 9.37 Å². The lowest BCUT2D eigenvalue weighted by molar-refractivity contribution is -0.149. The van der Waals surface area contributed by atoms with E-state index in [1.807, 2.05) is 7.05 Å². The lowest BCUT2D eigenvalue weighted by Crippen LogP contribution is -2.54. The Bertz CT molecular complexity index is 1440. The number of pyridine rings is 1. The Morgan fingerprint density at radius 2 is 1.71 bits per heavy atom. The highest BCUT2D eigenvalue weighted by atomic mass is 19.3. The Kier molecular flexibility index (Phi) is 12.4. The molecule has 1 saturated heterocycles. The Morgan fingerprint density at radius 3 is 2.29 bits per heavy atom. The third-order valence-electron chi connectivity index (χ3n) is 9.19. The number of ether oxygens (including phenoxy) is 1. The number of hydrogen-bond acceptors (Lipinski definition) is 7. The molecule has 11 nitrogen and oxygen atoms in total. The molecule has 1 aliphatic heterocycles. The van der Waals surface area contributed by atoms with E-state index >= 15 is 13.2 Å². The molecule has 1 aromatic carbocycles. The first-order chi connectivity index (χ1) is 22.8. The third-order valence-corrected chi connectivity index (χ3v) is 9.19. The van der Waals surface area contributed by atoms with Crippen LogP contribution in [0.4, 0.5) is 18.9 Å². The van der Waals surface area contributed by atoms with Crippen molar-refractivity contribution < 1.29 is 37.1 Å². The molecule has 1 aliphatic carbocycles. The van der Waals surface area contributed by atoms with Crippen LogP contribution in [0.3, 0.4) is 0 Å². The lowest BCUT2D eigenvalue weighted by atomic mass is 9.79. The minimum atomic E-state index is -4.00. The highest BCUT2D eigenvalue weighted by Gasteiger charge is 2.44. The van der Waals surface area contributed by atoms with Crippen LogP contribution in [0.1, 0.15) is 57.1 Å².